The van der Waals surface area contributed by atoms with E-state index in [2.05, 4.69) is 19.6 Å². The zero-order valence-corrected chi connectivity index (χ0v) is 16.9. The first kappa shape index (κ1) is 24.5. The number of hydrogen-bond acceptors (Lipinski definition) is 3. The van der Waals surface area contributed by atoms with Crippen LogP contribution in [0.15, 0.2) is 0 Å². The normalized spacial score (nSPS) is 13.6. The van der Waals surface area contributed by atoms with Crippen LogP contribution in [0.3, 0.4) is 0 Å². The van der Waals surface area contributed by atoms with Crippen LogP contribution in [0.1, 0.15) is 110 Å². The fourth-order valence-corrected chi connectivity index (χ4v) is 3.39. The number of unbranched alkanes of at least 4 members (excludes halogenated alkanes) is 13. The Labute approximate surface area is 159 Å². The molecule has 0 aromatic carbocycles. The zero-order chi connectivity index (χ0) is 19.0. The van der Waals surface area contributed by atoms with Crippen LogP contribution < -0.4 is 0 Å². The molecule has 0 radical (unpaired) electrons. The van der Waals surface area contributed by atoms with Crippen LogP contribution in [0.2, 0.25) is 0 Å². The maximum Gasteiger partial charge on any atom is 0.336 e. The predicted octanol–water partition coefficient (Wildman–Crippen LogP) is 5.52. The average molecular weight is 375 g/mol. The molecule has 25 heavy (non-hydrogen) atoms. The highest BCUT2D eigenvalue weighted by molar-refractivity contribution is 7.96. The molecule has 0 aromatic heterocycles. The molecule has 0 aliphatic heterocycles. The average Bonchev–Trinajstić information content (AvgIpc) is 2.54. The number of carbonyl (C=O) groups is 2. The fraction of sp³-hybridized carbons (Fsp3) is 0.900. The predicted molar refractivity (Wildman–Crippen MR) is 106 cm³/mol. The molecule has 0 bridgehead atoms. The second kappa shape index (κ2) is 15.7. The van der Waals surface area contributed by atoms with Crippen molar-refractivity contribution in [1.29, 1.82) is 0 Å². The fourth-order valence-electron chi connectivity index (χ4n) is 3.13. The van der Waals surface area contributed by atoms with Crippen LogP contribution >= 0.6 is 12.6 Å². The lowest BCUT2D eigenvalue weighted by molar-refractivity contribution is -0.161. The van der Waals surface area contributed by atoms with Crippen molar-refractivity contribution < 1.29 is 19.8 Å². The molecule has 5 heteroatoms. The van der Waals surface area contributed by atoms with Gasteiger partial charge in [-0.2, -0.15) is 0 Å². The number of hydrogen-bond donors (Lipinski definition) is 3. The van der Waals surface area contributed by atoms with Crippen LogP contribution in [0.5, 0.6) is 0 Å². The Morgan fingerprint density at radius 1 is 0.760 bits per heavy atom. The molecule has 0 amide bonds. The molecular formula is C20H38O4S. The summed E-state index contributed by atoms with van der Waals surface area (Å²) in [5, 5.41) is 18.4. The van der Waals surface area contributed by atoms with Gasteiger partial charge in [-0.1, -0.05) is 90.4 Å². The van der Waals surface area contributed by atoms with E-state index in [1.54, 1.807) is 0 Å². The van der Waals surface area contributed by atoms with Gasteiger partial charge in [0.05, 0.1) is 6.42 Å². The highest BCUT2D eigenvalue weighted by atomic mass is 32.1. The molecule has 0 saturated heterocycles. The van der Waals surface area contributed by atoms with Crippen molar-refractivity contribution in [3.8, 4) is 0 Å². The number of rotatable bonds is 18. The zero-order valence-electron chi connectivity index (χ0n) is 16.0. The van der Waals surface area contributed by atoms with Gasteiger partial charge in [0.1, 0.15) is 0 Å². The summed E-state index contributed by atoms with van der Waals surface area (Å²) in [6.45, 7) is 2.25. The van der Waals surface area contributed by atoms with Crippen molar-refractivity contribution in [2.45, 2.75) is 115 Å². The highest BCUT2D eigenvalue weighted by Crippen LogP contribution is 2.22. The molecule has 0 heterocycles. The third-order valence-electron chi connectivity index (χ3n) is 4.79. The molecular weight excluding hydrogens is 336 g/mol. The molecule has 0 spiro atoms. The number of aliphatic hydroxyl groups is 1. The largest absolute Gasteiger partial charge is 0.479 e. The van der Waals surface area contributed by atoms with Crippen molar-refractivity contribution in [3.05, 3.63) is 0 Å². The maximum absolute atomic E-state index is 11.1. The van der Waals surface area contributed by atoms with Crippen LogP contribution in [0, 0.1) is 0 Å². The molecule has 0 aliphatic carbocycles. The van der Waals surface area contributed by atoms with Gasteiger partial charge < -0.3 is 10.2 Å². The van der Waals surface area contributed by atoms with Crippen LogP contribution in [-0.4, -0.2) is 26.9 Å². The highest BCUT2D eigenvalue weighted by Gasteiger charge is 2.36. The lowest BCUT2D eigenvalue weighted by atomic mass is 9.92. The van der Waals surface area contributed by atoms with E-state index in [-0.39, 0.29) is 6.42 Å². The van der Waals surface area contributed by atoms with E-state index >= 15 is 0 Å². The minimum Gasteiger partial charge on any atom is -0.479 e. The van der Waals surface area contributed by atoms with Gasteiger partial charge in [0, 0.05) is 0 Å². The Morgan fingerprint density at radius 3 is 1.44 bits per heavy atom. The first-order valence-corrected chi connectivity index (χ1v) is 10.5. The van der Waals surface area contributed by atoms with E-state index in [9.17, 15) is 14.7 Å². The van der Waals surface area contributed by atoms with Gasteiger partial charge in [-0.25, -0.2) is 4.79 Å². The minimum atomic E-state index is -1.95. The molecule has 4 nitrogen and oxygen atoms in total. The Morgan fingerprint density at radius 2 is 1.12 bits per heavy atom. The quantitative estimate of drug-likeness (QED) is 0.218. The van der Waals surface area contributed by atoms with Crippen molar-refractivity contribution in [2.75, 3.05) is 0 Å². The van der Waals surface area contributed by atoms with Gasteiger partial charge >= 0.3 is 5.97 Å². The molecule has 0 aliphatic rings. The Kier molecular flexibility index (Phi) is 15.3. The number of thiol groups is 1. The molecule has 2 N–H and O–H groups in total. The number of carboxylic acid groups (broad SMARTS) is 1. The van der Waals surface area contributed by atoms with Crippen molar-refractivity contribution in [2.24, 2.45) is 0 Å². The van der Waals surface area contributed by atoms with Crippen LogP contribution in [0.25, 0.3) is 0 Å². The van der Waals surface area contributed by atoms with E-state index in [1.165, 1.54) is 64.2 Å². The van der Waals surface area contributed by atoms with Gasteiger partial charge in [0.15, 0.2) is 10.7 Å². The van der Waals surface area contributed by atoms with Crippen LogP contribution in [0.4, 0.5) is 0 Å². The second-order valence-electron chi connectivity index (χ2n) is 7.25. The molecule has 1 unspecified atom stereocenters. The number of carbonyl (C=O) groups excluding carboxylic acids is 1. The molecule has 1 atom stereocenters. The van der Waals surface area contributed by atoms with Gasteiger partial charge in [-0.3, -0.25) is 4.79 Å². The third-order valence-corrected chi connectivity index (χ3v) is 4.94. The van der Waals surface area contributed by atoms with Crippen molar-refractivity contribution in [1.82, 2.24) is 0 Å². The summed E-state index contributed by atoms with van der Waals surface area (Å²) >= 11 is 3.57. The van der Waals surface area contributed by atoms with E-state index in [0.717, 1.165) is 19.3 Å². The Balaban J connectivity index is 3.46. The lowest BCUT2D eigenvalue weighted by Gasteiger charge is -2.21. The topological polar surface area (TPSA) is 74.6 Å². The van der Waals surface area contributed by atoms with E-state index in [1.807, 2.05) is 0 Å². The smallest absolute Gasteiger partial charge is 0.336 e. The summed E-state index contributed by atoms with van der Waals surface area (Å²) in [4.78, 5) is 22.0. The summed E-state index contributed by atoms with van der Waals surface area (Å²) in [5.41, 5.74) is -1.95. The van der Waals surface area contributed by atoms with Gasteiger partial charge in [-0.05, 0) is 12.8 Å². The van der Waals surface area contributed by atoms with E-state index < -0.39 is 23.1 Å². The molecule has 148 valence electrons. The molecule has 0 fully saturated rings. The van der Waals surface area contributed by atoms with Crippen LogP contribution in [-0.2, 0) is 9.59 Å². The number of aliphatic carboxylic acids is 1. The minimum absolute atomic E-state index is 0.118. The molecule has 0 rings (SSSR count). The first-order valence-electron chi connectivity index (χ1n) is 10.1. The summed E-state index contributed by atoms with van der Waals surface area (Å²) in [6, 6.07) is 0. The van der Waals surface area contributed by atoms with Gasteiger partial charge in [0.25, 0.3) is 0 Å². The van der Waals surface area contributed by atoms with E-state index in [0.29, 0.717) is 6.42 Å². The molecule has 0 aromatic rings. The SMILES string of the molecule is CCCCCCCCCCCCCCCCC(O)(CC(=O)S)C(=O)O. The van der Waals surface area contributed by atoms with Gasteiger partial charge in [0.2, 0.25) is 0 Å². The Hall–Kier alpha value is -0.550. The summed E-state index contributed by atoms with van der Waals surface area (Å²) in [7, 11) is 0. The second-order valence-corrected chi connectivity index (χ2v) is 7.75. The number of carboxylic acids is 1. The lowest BCUT2D eigenvalue weighted by Crippen LogP contribution is -2.39. The van der Waals surface area contributed by atoms with Crippen molar-refractivity contribution in [3.63, 3.8) is 0 Å². The standard InChI is InChI=1S/C20H38O4S/c1-2-3-4-5-6-7-8-9-10-11-12-13-14-15-16-20(24,19(22)23)17-18(21)25/h24H,2-17H2,1H3,(H,21,25)(H,22,23). The Bertz CT molecular complexity index is 360. The van der Waals surface area contributed by atoms with Gasteiger partial charge in [-0.15, -0.1) is 12.6 Å². The van der Waals surface area contributed by atoms with Crippen molar-refractivity contribution >= 4 is 23.7 Å². The summed E-state index contributed by atoms with van der Waals surface area (Å²) in [5.74, 6) is -1.33. The third kappa shape index (κ3) is 14.3. The summed E-state index contributed by atoms with van der Waals surface area (Å²) < 4.78 is 0. The first-order chi connectivity index (χ1) is 11.9. The monoisotopic (exact) mass is 374 g/mol. The molecule has 0 saturated carbocycles. The maximum atomic E-state index is 11.1. The summed E-state index contributed by atoms with van der Waals surface area (Å²) in [6.07, 6.45) is 16.8. The van der Waals surface area contributed by atoms with E-state index in [4.69, 9.17) is 5.11 Å².